The largest absolute Gasteiger partial charge is 0.504 e. The van der Waals surface area contributed by atoms with Gasteiger partial charge in [0, 0.05) is 29.6 Å². The summed E-state index contributed by atoms with van der Waals surface area (Å²) in [6.07, 6.45) is 10.1. The van der Waals surface area contributed by atoms with E-state index >= 15 is 0 Å². The molecule has 2 saturated carbocycles. The molecule has 0 radical (unpaired) electrons. The number of hydrogen-bond donors (Lipinski definition) is 7. The van der Waals surface area contributed by atoms with E-state index in [-0.39, 0.29) is 59.6 Å². The van der Waals surface area contributed by atoms with Crippen molar-refractivity contribution in [3.05, 3.63) is 41.0 Å². The first kappa shape index (κ1) is 42.1. The molecule has 2 fully saturated rings. The zero-order chi connectivity index (χ0) is 37.7. The Morgan fingerprint density at radius 1 is 0.811 bits per heavy atom. The highest BCUT2D eigenvalue weighted by Crippen LogP contribution is 2.46. The summed E-state index contributed by atoms with van der Waals surface area (Å²) in [5, 5.41) is 68.4. The molecular formula is C40H61NO10S2. The molecule has 2 aromatic carbocycles. The van der Waals surface area contributed by atoms with Gasteiger partial charge in [0.1, 0.15) is 6.79 Å². The average Bonchev–Trinajstić information content (AvgIpc) is 3.17. The lowest BCUT2D eigenvalue weighted by molar-refractivity contribution is -0.0808. The summed E-state index contributed by atoms with van der Waals surface area (Å²) in [5.74, 6) is 1.16. The number of nitrogens with one attached hydrogen (secondary N) is 1. The van der Waals surface area contributed by atoms with Crippen LogP contribution in [0.15, 0.2) is 24.3 Å². The monoisotopic (exact) mass is 779 g/mol. The van der Waals surface area contributed by atoms with E-state index in [9.17, 15) is 30.6 Å². The number of phenolic OH excluding ortho intramolecular Hbond substituents is 2. The minimum absolute atomic E-state index is 0.0189. The third kappa shape index (κ3) is 11.9. The lowest BCUT2D eigenvalue weighted by Crippen LogP contribution is -2.38. The number of ether oxygens (including phenoxy) is 4. The SMILES string of the molecule is COc1cc(C[C@@H]2[C@H](O)CSS[C@@H](CCO)c3cc(O)c(OC4CCC(CNC5CCCCC5)CC4)cc3CC[C@H](OCO)C[C@H]2O)cc(OC)c1O. The van der Waals surface area contributed by atoms with Crippen LogP contribution in [0.1, 0.15) is 99.0 Å². The molecule has 1 aliphatic heterocycles. The summed E-state index contributed by atoms with van der Waals surface area (Å²) in [6.45, 7) is 0.485. The van der Waals surface area contributed by atoms with Crippen molar-refractivity contribution in [1.29, 1.82) is 0 Å². The van der Waals surface area contributed by atoms with E-state index in [0.717, 1.165) is 43.4 Å². The Balaban J connectivity index is 1.31. The molecule has 3 aliphatic rings. The highest BCUT2D eigenvalue weighted by Gasteiger charge is 2.33. The van der Waals surface area contributed by atoms with Crippen molar-refractivity contribution in [1.82, 2.24) is 5.32 Å². The molecule has 1 heterocycles. The maximum Gasteiger partial charge on any atom is 0.200 e. The second-order valence-corrected chi connectivity index (χ2v) is 17.6. The van der Waals surface area contributed by atoms with E-state index in [1.165, 1.54) is 67.9 Å². The van der Waals surface area contributed by atoms with Crippen molar-refractivity contribution in [3.8, 4) is 28.7 Å². The van der Waals surface area contributed by atoms with Gasteiger partial charge in [0.2, 0.25) is 5.75 Å². The van der Waals surface area contributed by atoms with Crippen LogP contribution < -0.4 is 19.5 Å². The Morgan fingerprint density at radius 2 is 1.53 bits per heavy atom. The van der Waals surface area contributed by atoms with E-state index in [4.69, 9.17) is 18.9 Å². The summed E-state index contributed by atoms with van der Waals surface area (Å²) < 4.78 is 22.9. The van der Waals surface area contributed by atoms with E-state index < -0.39 is 31.0 Å². The molecule has 11 nitrogen and oxygen atoms in total. The number of hydrogen-bond acceptors (Lipinski definition) is 13. The van der Waals surface area contributed by atoms with Gasteiger partial charge in [0.05, 0.1) is 38.6 Å². The number of phenols is 2. The lowest BCUT2D eigenvalue weighted by Gasteiger charge is -2.31. The van der Waals surface area contributed by atoms with Gasteiger partial charge in [-0.25, -0.2) is 0 Å². The molecule has 0 aromatic heterocycles. The minimum atomic E-state index is -0.988. The van der Waals surface area contributed by atoms with Crippen LogP contribution in [0.3, 0.4) is 0 Å². The molecule has 2 aromatic rings. The molecule has 13 heteroatoms. The summed E-state index contributed by atoms with van der Waals surface area (Å²) >= 11 is 0. The highest BCUT2D eigenvalue weighted by atomic mass is 33.1. The van der Waals surface area contributed by atoms with Crippen LogP contribution in [0, 0.1) is 11.8 Å². The van der Waals surface area contributed by atoms with Gasteiger partial charge < -0.3 is 54.9 Å². The maximum atomic E-state index is 11.6. The normalized spacial score (nSPS) is 27.8. The Morgan fingerprint density at radius 3 is 2.19 bits per heavy atom. The van der Waals surface area contributed by atoms with Gasteiger partial charge >= 0.3 is 0 Å². The fourth-order valence-corrected chi connectivity index (χ4v) is 11.1. The van der Waals surface area contributed by atoms with E-state index in [1.54, 1.807) is 18.2 Å². The van der Waals surface area contributed by atoms with Crippen LogP contribution in [0.25, 0.3) is 0 Å². The quantitative estimate of drug-likeness (QED) is 0.0930. The number of fused-ring (bicyclic) bond motifs is 1. The first-order chi connectivity index (χ1) is 25.7. The number of rotatable bonds is 13. The van der Waals surface area contributed by atoms with Crippen LogP contribution in [-0.4, -0.2) is 101 Å². The number of benzene rings is 2. The predicted molar refractivity (Wildman–Crippen MR) is 209 cm³/mol. The van der Waals surface area contributed by atoms with Gasteiger partial charge in [-0.05, 0) is 124 Å². The summed E-state index contributed by atoms with van der Waals surface area (Å²) in [5.41, 5.74) is 2.55. The van der Waals surface area contributed by atoms with Crippen LogP contribution in [0.4, 0.5) is 0 Å². The van der Waals surface area contributed by atoms with E-state index in [2.05, 4.69) is 5.32 Å². The minimum Gasteiger partial charge on any atom is -0.504 e. The van der Waals surface area contributed by atoms with Crippen molar-refractivity contribution < 1.29 is 49.6 Å². The second-order valence-electron chi connectivity index (χ2n) is 14.9. The lowest BCUT2D eigenvalue weighted by atomic mass is 9.85. The number of aliphatic hydroxyl groups excluding tert-OH is 4. The van der Waals surface area contributed by atoms with Crippen LogP contribution >= 0.6 is 21.6 Å². The molecule has 5 atom stereocenters. The van der Waals surface area contributed by atoms with Crippen molar-refractivity contribution in [2.45, 2.75) is 126 Å². The van der Waals surface area contributed by atoms with Gasteiger partial charge in [-0.3, -0.25) is 0 Å². The molecule has 0 spiro atoms. The highest BCUT2D eigenvalue weighted by molar-refractivity contribution is 8.76. The fourth-order valence-electron chi connectivity index (χ4n) is 8.20. The number of methoxy groups -OCH3 is 2. The first-order valence-electron chi connectivity index (χ1n) is 19.4. The third-order valence-corrected chi connectivity index (χ3v) is 14.2. The van der Waals surface area contributed by atoms with Crippen LogP contribution in [0.2, 0.25) is 0 Å². The molecule has 298 valence electrons. The van der Waals surface area contributed by atoms with Crippen molar-refractivity contribution >= 4 is 21.6 Å². The van der Waals surface area contributed by atoms with E-state index in [1.807, 2.05) is 6.07 Å². The summed E-state index contributed by atoms with van der Waals surface area (Å²) in [6, 6.07) is 7.69. The standard InChI is InChI=1S/C40H61NO10S2/c1-48-37-17-26(18-38(49-2)40(37)47)16-32-33(44)20-30(50-24-43)13-10-27-19-36(34(45)21-31(27)39(14-15-42)53-52-23-35(32)46)51-29-11-8-25(9-12-29)22-41-28-6-4-3-5-7-28/h17-19,21,25,28-30,32-33,35,39,41-47H,3-16,20,22-24H2,1-2H3/t25?,29?,30-,32-,33+,35+,39-/m0/s1. The second kappa shape index (κ2) is 21.3. The summed E-state index contributed by atoms with van der Waals surface area (Å²) in [4.78, 5) is 0. The number of aryl methyl sites for hydroxylation is 1. The zero-order valence-electron chi connectivity index (χ0n) is 31.3. The zero-order valence-corrected chi connectivity index (χ0v) is 32.9. The van der Waals surface area contributed by atoms with Crippen molar-refractivity contribution in [2.24, 2.45) is 11.8 Å². The molecule has 0 saturated heterocycles. The smallest absolute Gasteiger partial charge is 0.200 e. The molecule has 0 unspecified atom stereocenters. The Hall–Kier alpha value is -2.10. The van der Waals surface area contributed by atoms with Crippen molar-refractivity contribution in [2.75, 3.05) is 39.9 Å². The third-order valence-electron chi connectivity index (χ3n) is 11.3. The first-order valence-corrected chi connectivity index (χ1v) is 21.8. The van der Waals surface area contributed by atoms with E-state index in [0.29, 0.717) is 42.5 Å². The molecule has 5 rings (SSSR count). The molecular weight excluding hydrogens is 719 g/mol. The topological polar surface area (TPSA) is 170 Å². The maximum absolute atomic E-state index is 11.6. The van der Waals surface area contributed by atoms with Gasteiger partial charge in [-0.15, -0.1) is 0 Å². The van der Waals surface area contributed by atoms with Crippen molar-refractivity contribution in [3.63, 3.8) is 0 Å². The van der Waals surface area contributed by atoms with Crippen LogP contribution in [0.5, 0.6) is 28.7 Å². The molecule has 53 heavy (non-hydrogen) atoms. The summed E-state index contributed by atoms with van der Waals surface area (Å²) in [7, 11) is 5.88. The molecule has 0 amide bonds. The number of aromatic hydroxyl groups is 2. The Bertz CT molecular complexity index is 1380. The van der Waals surface area contributed by atoms with Gasteiger partial charge in [0.25, 0.3) is 0 Å². The predicted octanol–water partition coefficient (Wildman–Crippen LogP) is 6.03. The Kier molecular flexibility index (Phi) is 16.9. The molecule has 7 N–H and O–H groups in total. The number of aliphatic hydroxyl groups is 4. The Labute approximate surface area is 322 Å². The van der Waals surface area contributed by atoms with Gasteiger partial charge in [0.15, 0.2) is 23.0 Å². The van der Waals surface area contributed by atoms with Gasteiger partial charge in [-0.1, -0.05) is 40.9 Å². The average molecular weight is 780 g/mol. The van der Waals surface area contributed by atoms with Gasteiger partial charge in [-0.2, -0.15) is 0 Å². The molecule has 0 bridgehead atoms. The van der Waals surface area contributed by atoms with Crippen LogP contribution in [-0.2, 0) is 17.6 Å². The fraction of sp³-hybridized carbons (Fsp3) is 0.700. The molecule has 2 aliphatic carbocycles.